The third-order valence-electron chi connectivity index (χ3n) is 3.45. The van der Waals surface area contributed by atoms with Crippen LogP contribution < -0.4 is 14.8 Å². The maximum atomic E-state index is 5.75. The van der Waals surface area contributed by atoms with Gasteiger partial charge in [-0.15, -0.1) is 0 Å². The Bertz CT molecular complexity index is 511. The normalized spacial score (nSPS) is 10.6. The molecule has 1 aromatic heterocycles. The molecule has 0 aliphatic carbocycles. The third kappa shape index (κ3) is 5.82. The Labute approximate surface area is 132 Å². The summed E-state index contributed by atoms with van der Waals surface area (Å²) in [5, 5.41) is 3.38. The zero-order valence-electron chi connectivity index (χ0n) is 13.2. The van der Waals surface area contributed by atoms with Gasteiger partial charge in [-0.2, -0.15) is 0 Å². The van der Waals surface area contributed by atoms with E-state index in [2.05, 4.69) is 5.32 Å². The van der Waals surface area contributed by atoms with E-state index in [0.717, 1.165) is 43.4 Å². The van der Waals surface area contributed by atoms with Gasteiger partial charge in [-0.05, 0) is 43.7 Å². The van der Waals surface area contributed by atoms with E-state index in [1.165, 1.54) is 19.3 Å². The Kier molecular flexibility index (Phi) is 7.39. The second kappa shape index (κ2) is 9.90. The first kappa shape index (κ1) is 16.4. The van der Waals surface area contributed by atoms with Crippen molar-refractivity contribution in [1.82, 2.24) is 5.32 Å². The number of hydrogen-bond acceptors (Lipinski definition) is 4. The average molecular weight is 303 g/mol. The molecule has 0 aliphatic rings. The van der Waals surface area contributed by atoms with Crippen LogP contribution in [-0.4, -0.2) is 20.3 Å². The molecule has 0 atom stereocenters. The number of ether oxygens (including phenoxy) is 2. The van der Waals surface area contributed by atoms with E-state index in [0.29, 0.717) is 0 Å². The molecule has 22 heavy (non-hydrogen) atoms. The van der Waals surface area contributed by atoms with Crippen LogP contribution in [0.2, 0.25) is 0 Å². The predicted molar refractivity (Wildman–Crippen MR) is 87.4 cm³/mol. The van der Waals surface area contributed by atoms with Crippen LogP contribution in [-0.2, 0) is 6.54 Å². The number of hydrogen-bond donors (Lipinski definition) is 1. The molecule has 4 nitrogen and oxygen atoms in total. The molecule has 0 bridgehead atoms. The van der Waals surface area contributed by atoms with Crippen LogP contribution in [0, 0.1) is 0 Å². The summed E-state index contributed by atoms with van der Waals surface area (Å²) in [4.78, 5) is 0. The maximum absolute atomic E-state index is 5.75. The van der Waals surface area contributed by atoms with Crippen molar-refractivity contribution in [3.63, 3.8) is 0 Å². The van der Waals surface area contributed by atoms with Gasteiger partial charge in [0.15, 0.2) is 11.5 Å². The fourth-order valence-electron chi connectivity index (χ4n) is 2.25. The Morgan fingerprint density at radius 3 is 2.55 bits per heavy atom. The molecule has 2 rings (SSSR count). The van der Waals surface area contributed by atoms with Crippen LogP contribution >= 0.6 is 0 Å². The highest BCUT2D eigenvalue weighted by atomic mass is 16.5. The predicted octanol–water partition coefficient (Wildman–Crippen LogP) is 4.02. The van der Waals surface area contributed by atoms with Crippen LogP contribution in [0.25, 0.3) is 0 Å². The first-order valence-electron chi connectivity index (χ1n) is 7.89. The monoisotopic (exact) mass is 303 g/mol. The molecule has 2 aromatic rings. The summed E-state index contributed by atoms with van der Waals surface area (Å²) in [6.45, 7) is 2.57. The fraction of sp³-hybridized carbons (Fsp3) is 0.444. The van der Waals surface area contributed by atoms with Crippen molar-refractivity contribution >= 4 is 0 Å². The molecule has 0 fully saturated rings. The molecule has 0 radical (unpaired) electrons. The average Bonchev–Trinajstić information content (AvgIpc) is 3.07. The quantitative estimate of drug-likeness (QED) is 0.637. The van der Waals surface area contributed by atoms with E-state index in [1.54, 1.807) is 13.4 Å². The minimum absolute atomic E-state index is 0.736. The topological polar surface area (TPSA) is 43.6 Å². The molecule has 1 aromatic carbocycles. The number of nitrogens with one attached hydrogen (secondary N) is 1. The SMILES string of the molecule is COc1ccccc1OCCCCCCNCc1ccco1. The Balaban J connectivity index is 1.46. The van der Waals surface area contributed by atoms with Gasteiger partial charge in [0.2, 0.25) is 0 Å². The standard InChI is InChI=1S/C18H25NO3/c1-20-17-10-4-5-11-18(17)22-13-7-3-2-6-12-19-15-16-9-8-14-21-16/h4-5,8-11,14,19H,2-3,6-7,12-13,15H2,1H3. The van der Waals surface area contributed by atoms with E-state index in [-0.39, 0.29) is 0 Å². The summed E-state index contributed by atoms with van der Waals surface area (Å²) in [5.74, 6) is 2.61. The second-order valence-electron chi connectivity index (χ2n) is 5.17. The molecule has 1 N–H and O–H groups in total. The van der Waals surface area contributed by atoms with Gasteiger partial charge in [-0.25, -0.2) is 0 Å². The van der Waals surface area contributed by atoms with Crippen molar-refractivity contribution in [1.29, 1.82) is 0 Å². The summed E-state index contributed by atoms with van der Waals surface area (Å²) in [6.07, 6.45) is 6.34. The molecule has 1 heterocycles. The Hall–Kier alpha value is -1.94. The van der Waals surface area contributed by atoms with Crippen molar-refractivity contribution in [2.75, 3.05) is 20.3 Å². The molecule has 120 valence electrons. The summed E-state index contributed by atoms with van der Waals surface area (Å²) in [7, 11) is 1.66. The van der Waals surface area contributed by atoms with Gasteiger partial charge in [0.05, 0.1) is 26.5 Å². The van der Waals surface area contributed by atoms with Crippen molar-refractivity contribution in [2.45, 2.75) is 32.2 Å². The van der Waals surface area contributed by atoms with Gasteiger partial charge < -0.3 is 19.2 Å². The second-order valence-corrected chi connectivity index (χ2v) is 5.17. The largest absolute Gasteiger partial charge is 0.493 e. The summed E-state index contributed by atoms with van der Waals surface area (Å²) < 4.78 is 16.3. The van der Waals surface area contributed by atoms with Gasteiger partial charge in [-0.1, -0.05) is 25.0 Å². The Morgan fingerprint density at radius 1 is 0.955 bits per heavy atom. The number of benzene rings is 1. The smallest absolute Gasteiger partial charge is 0.161 e. The molecule has 0 spiro atoms. The fourth-order valence-corrected chi connectivity index (χ4v) is 2.25. The highest BCUT2D eigenvalue weighted by Crippen LogP contribution is 2.25. The van der Waals surface area contributed by atoms with E-state index in [1.807, 2.05) is 36.4 Å². The van der Waals surface area contributed by atoms with Crippen molar-refractivity contribution in [3.8, 4) is 11.5 Å². The van der Waals surface area contributed by atoms with E-state index >= 15 is 0 Å². The number of furan rings is 1. The molecular weight excluding hydrogens is 278 g/mol. The number of unbranched alkanes of at least 4 members (excludes halogenated alkanes) is 3. The van der Waals surface area contributed by atoms with E-state index < -0.39 is 0 Å². The van der Waals surface area contributed by atoms with Crippen LogP contribution in [0.3, 0.4) is 0 Å². The molecule has 0 unspecified atom stereocenters. The van der Waals surface area contributed by atoms with Crippen LogP contribution in [0.5, 0.6) is 11.5 Å². The number of para-hydroxylation sites is 2. The zero-order chi connectivity index (χ0) is 15.5. The maximum Gasteiger partial charge on any atom is 0.161 e. The van der Waals surface area contributed by atoms with E-state index in [4.69, 9.17) is 13.9 Å². The lowest BCUT2D eigenvalue weighted by Crippen LogP contribution is -2.14. The van der Waals surface area contributed by atoms with Gasteiger partial charge in [-0.3, -0.25) is 0 Å². The highest BCUT2D eigenvalue weighted by molar-refractivity contribution is 5.39. The van der Waals surface area contributed by atoms with Gasteiger partial charge >= 0.3 is 0 Å². The summed E-state index contributed by atoms with van der Waals surface area (Å²) in [6, 6.07) is 11.7. The molecule has 0 saturated carbocycles. The van der Waals surface area contributed by atoms with Crippen LogP contribution in [0.1, 0.15) is 31.4 Å². The van der Waals surface area contributed by atoms with Gasteiger partial charge in [0, 0.05) is 0 Å². The molecule has 0 amide bonds. The molecule has 0 saturated heterocycles. The number of methoxy groups -OCH3 is 1. The minimum Gasteiger partial charge on any atom is -0.493 e. The molecule has 0 aliphatic heterocycles. The van der Waals surface area contributed by atoms with Crippen molar-refractivity contribution in [2.24, 2.45) is 0 Å². The first-order valence-corrected chi connectivity index (χ1v) is 7.89. The van der Waals surface area contributed by atoms with Gasteiger partial charge in [0.1, 0.15) is 5.76 Å². The van der Waals surface area contributed by atoms with E-state index in [9.17, 15) is 0 Å². The lowest BCUT2D eigenvalue weighted by Gasteiger charge is -2.10. The summed E-state index contributed by atoms with van der Waals surface area (Å²) >= 11 is 0. The van der Waals surface area contributed by atoms with Gasteiger partial charge in [0.25, 0.3) is 0 Å². The summed E-state index contributed by atoms with van der Waals surface area (Å²) in [5.41, 5.74) is 0. The first-order chi connectivity index (χ1) is 10.9. The number of rotatable bonds is 11. The Morgan fingerprint density at radius 2 is 1.77 bits per heavy atom. The minimum atomic E-state index is 0.736. The lowest BCUT2D eigenvalue weighted by molar-refractivity contribution is 0.284. The lowest BCUT2D eigenvalue weighted by atomic mass is 10.2. The molecular formula is C18H25NO3. The molecule has 4 heteroatoms. The van der Waals surface area contributed by atoms with Crippen molar-refractivity contribution in [3.05, 3.63) is 48.4 Å². The highest BCUT2D eigenvalue weighted by Gasteiger charge is 2.01. The zero-order valence-corrected chi connectivity index (χ0v) is 13.2. The third-order valence-corrected chi connectivity index (χ3v) is 3.45. The van der Waals surface area contributed by atoms with Crippen molar-refractivity contribution < 1.29 is 13.9 Å². The van der Waals surface area contributed by atoms with Crippen LogP contribution in [0.4, 0.5) is 0 Å². The van der Waals surface area contributed by atoms with Crippen LogP contribution in [0.15, 0.2) is 47.1 Å².